The first kappa shape index (κ1) is 24.1. The van der Waals surface area contributed by atoms with Crippen LogP contribution in [0.3, 0.4) is 0 Å². The van der Waals surface area contributed by atoms with Gasteiger partial charge in [-0.05, 0) is 43.5 Å². The number of pyridine rings is 1. The Morgan fingerprint density at radius 1 is 1.21 bits per heavy atom. The number of rotatable bonds is 7. The van der Waals surface area contributed by atoms with E-state index in [2.05, 4.69) is 10.3 Å². The van der Waals surface area contributed by atoms with Gasteiger partial charge in [0, 0.05) is 6.20 Å². The van der Waals surface area contributed by atoms with Gasteiger partial charge in [-0.15, -0.1) is 0 Å². The maximum atomic E-state index is 13.4. The number of thiocarbonyl (C=S) groups is 1. The summed E-state index contributed by atoms with van der Waals surface area (Å²) in [4.78, 5) is 33.3. The number of nitrogens with one attached hydrogen (secondary N) is 1. The molecule has 3 aromatic rings. The average Bonchev–Trinajstić information content (AvgIpc) is 3.09. The number of hydrogen-bond acceptors (Lipinski definition) is 7. The first-order chi connectivity index (χ1) is 16.3. The fourth-order valence-electron chi connectivity index (χ4n) is 3.67. The molecule has 1 amide bonds. The van der Waals surface area contributed by atoms with E-state index >= 15 is 0 Å². The van der Waals surface area contributed by atoms with Crippen molar-refractivity contribution in [3.63, 3.8) is 0 Å². The molecule has 1 saturated heterocycles. The van der Waals surface area contributed by atoms with Crippen LogP contribution in [-0.2, 0) is 11.3 Å². The molecule has 1 atom stereocenters. The summed E-state index contributed by atoms with van der Waals surface area (Å²) in [5.41, 5.74) is 3.44. The fourth-order valence-corrected chi connectivity index (χ4v) is 4.90. The highest BCUT2D eigenvalue weighted by Crippen LogP contribution is 2.34. The lowest BCUT2D eigenvalue weighted by atomic mass is 10.1. The van der Waals surface area contributed by atoms with E-state index in [1.54, 1.807) is 23.2 Å². The summed E-state index contributed by atoms with van der Waals surface area (Å²) in [6.45, 7) is 6.08. The second-order valence-electron chi connectivity index (χ2n) is 8.25. The van der Waals surface area contributed by atoms with Gasteiger partial charge in [-0.3, -0.25) is 18.9 Å². The molecule has 34 heavy (non-hydrogen) atoms. The van der Waals surface area contributed by atoms with Crippen LogP contribution in [0, 0.1) is 13.8 Å². The van der Waals surface area contributed by atoms with Gasteiger partial charge in [-0.1, -0.05) is 66.8 Å². The first-order valence-electron chi connectivity index (χ1n) is 11.0. The number of nitrogens with zero attached hydrogens (tertiary/aromatic N) is 3. The van der Waals surface area contributed by atoms with Crippen LogP contribution in [0.2, 0.25) is 0 Å². The standard InChI is InChI=1S/C25H26N4O3S2/c1-4-18(14-30)26-21-19(23(31)28-11-5-6-16(3)22(28)27-21)12-20-24(32)29(25(33)34-20)13-17-9-7-15(2)8-10-17/h5-12,18,26,30H,4,13-14H2,1-3H3/b20-12-. The average molecular weight is 495 g/mol. The molecule has 0 radical (unpaired) electrons. The van der Waals surface area contributed by atoms with Crippen molar-refractivity contribution >= 4 is 51.7 Å². The van der Waals surface area contributed by atoms with Crippen LogP contribution in [-0.4, -0.2) is 42.3 Å². The molecule has 1 aliphatic heterocycles. The third-order valence-corrected chi connectivity index (χ3v) is 7.13. The van der Waals surface area contributed by atoms with Crippen LogP contribution < -0.4 is 10.9 Å². The second-order valence-corrected chi connectivity index (χ2v) is 9.93. The Kier molecular flexibility index (Phi) is 7.16. The van der Waals surface area contributed by atoms with Gasteiger partial charge in [0.1, 0.15) is 15.8 Å². The molecule has 1 aliphatic rings. The van der Waals surface area contributed by atoms with E-state index in [0.717, 1.165) is 16.7 Å². The third-order valence-electron chi connectivity index (χ3n) is 5.75. The van der Waals surface area contributed by atoms with Crippen LogP contribution in [0.15, 0.2) is 52.3 Å². The summed E-state index contributed by atoms with van der Waals surface area (Å²) >= 11 is 6.65. The van der Waals surface area contributed by atoms with E-state index in [1.165, 1.54) is 16.2 Å². The number of hydrogen-bond donors (Lipinski definition) is 2. The van der Waals surface area contributed by atoms with Crippen molar-refractivity contribution in [2.75, 3.05) is 11.9 Å². The molecular weight excluding hydrogens is 468 g/mol. The number of fused-ring (bicyclic) bond motifs is 1. The van der Waals surface area contributed by atoms with Gasteiger partial charge in [0.25, 0.3) is 11.5 Å². The van der Waals surface area contributed by atoms with E-state index in [9.17, 15) is 14.7 Å². The number of aryl methyl sites for hydroxylation is 2. The smallest absolute Gasteiger partial charge is 0.267 e. The Bertz CT molecular complexity index is 1340. The van der Waals surface area contributed by atoms with Gasteiger partial charge < -0.3 is 10.4 Å². The van der Waals surface area contributed by atoms with Crippen molar-refractivity contribution in [1.82, 2.24) is 14.3 Å². The van der Waals surface area contributed by atoms with Crippen LogP contribution in [0.25, 0.3) is 11.7 Å². The highest BCUT2D eigenvalue weighted by Gasteiger charge is 2.32. The topological polar surface area (TPSA) is 86.9 Å². The normalized spacial score (nSPS) is 16.0. The Morgan fingerprint density at radius 2 is 1.94 bits per heavy atom. The molecule has 2 aromatic heterocycles. The number of amides is 1. The number of carbonyl (C=O) groups is 1. The van der Waals surface area contributed by atoms with Crippen LogP contribution in [0.5, 0.6) is 0 Å². The number of anilines is 1. The largest absolute Gasteiger partial charge is 0.394 e. The molecule has 9 heteroatoms. The zero-order valence-corrected chi connectivity index (χ0v) is 20.9. The Labute approximate surface area is 207 Å². The van der Waals surface area contributed by atoms with Crippen molar-refractivity contribution in [2.24, 2.45) is 0 Å². The molecule has 1 aromatic carbocycles. The molecule has 1 unspecified atom stereocenters. The maximum Gasteiger partial charge on any atom is 0.267 e. The highest BCUT2D eigenvalue weighted by atomic mass is 32.2. The fraction of sp³-hybridized carbons (Fsp3) is 0.280. The zero-order chi connectivity index (χ0) is 24.4. The summed E-state index contributed by atoms with van der Waals surface area (Å²) in [5, 5.41) is 12.9. The van der Waals surface area contributed by atoms with Crippen LogP contribution in [0.4, 0.5) is 5.82 Å². The predicted octanol–water partition coefficient (Wildman–Crippen LogP) is 3.90. The van der Waals surface area contributed by atoms with Gasteiger partial charge in [0.15, 0.2) is 0 Å². The number of aromatic nitrogens is 2. The number of thioether (sulfide) groups is 1. The van der Waals surface area contributed by atoms with Gasteiger partial charge >= 0.3 is 0 Å². The Balaban J connectivity index is 1.76. The molecule has 1 fully saturated rings. The lowest BCUT2D eigenvalue weighted by molar-refractivity contribution is -0.122. The Morgan fingerprint density at radius 3 is 2.62 bits per heavy atom. The Hall–Kier alpha value is -3.01. The molecule has 4 rings (SSSR count). The summed E-state index contributed by atoms with van der Waals surface area (Å²) in [7, 11) is 0. The second kappa shape index (κ2) is 10.1. The SMILES string of the molecule is CCC(CO)Nc1nc2c(C)cccn2c(=O)c1/C=C1\SC(=S)N(Cc2ccc(C)cc2)C1=O. The van der Waals surface area contributed by atoms with E-state index in [-0.39, 0.29) is 29.7 Å². The molecule has 0 bridgehead atoms. The van der Waals surface area contributed by atoms with Gasteiger partial charge in [0.05, 0.1) is 29.7 Å². The van der Waals surface area contributed by atoms with Crippen molar-refractivity contribution in [1.29, 1.82) is 0 Å². The minimum Gasteiger partial charge on any atom is -0.394 e. The van der Waals surface area contributed by atoms with Gasteiger partial charge in [0.2, 0.25) is 0 Å². The first-order valence-corrected chi connectivity index (χ1v) is 12.2. The number of aliphatic hydroxyl groups is 1. The molecule has 7 nitrogen and oxygen atoms in total. The molecule has 0 aliphatic carbocycles. The van der Waals surface area contributed by atoms with E-state index in [0.29, 0.717) is 33.7 Å². The monoisotopic (exact) mass is 494 g/mol. The van der Waals surface area contributed by atoms with E-state index in [1.807, 2.05) is 51.1 Å². The minimum atomic E-state index is -0.298. The van der Waals surface area contributed by atoms with E-state index in [4.69, 9.17) is 12.2 Å². The lowest BCUT2D eigenvalue weighted by Crippen LogP contribution is -2.28. The van der Waals surface area contributed by atoms with Crippen molar-refractivity contribution in [2.45, 2.75) is 39.8 Å². The third kappa shape index (κ3) is 4.77. The molecular formula is C25H26N4O3S2. The van der Waals surface area contributed by atoms with Crippen molar-refractivity contribution < 1.29 is 9.90 Å². The highest BCUT2D eigenvalue weighted by molar-refractivity contribution is 8.26. The molecule has 0 spiro atoms. The molecule has 2 N–H and O–H groups in total. The van der Waals surface area contributed by atoms with Crippen LogP contribution in [0.1, 0.15) is 35.6 Å². The summed E-state index contributed by atoms with van der Waals surface area (Å²) in [6, 6.07) is 11.3. The lowest BCUT2D eigenvalue weighted by Gasteiger charge is -2.18. The van der Waals surface area contributed by atoms with Crippen molar-refractivity contribution in [3.8, 4) is 0 Å². The number of benzene rings is 1. The van der Waals surface area contributed by atoms with Gasteiger partial charge in [-0.25, -0.2) is 4.98 Å². The maximum absolute atomic E-state index is 13.4. The zero-order valence-electron chi connectivity index (χ0n) is 19.2. The minimum absolute atomic E-state index is 0.108. The summed E-state index contributed by atoms with van der Waals surface area (Å²) < 4.78 is 1.91. The number of aliphatic hydroxyl groups excluding tert-OH is 1. The summed E-state index contributed by atoms with van der Waals surface area (Å²) in [5.74, 6) is 0.0912. The summed E-state index contributed by atoms with van der Waals surface area (Å²) in [6.07, 6.45) is 3.86. The molecule has 0 saturated carbocycles. The van der Waals surface area contributed by atoms with E-state index < -0.39 is 0 Å². The van der Waals surface area contributed by atoms with Crippen LogP contribution >= 0.6 is 24.0 Å². The van der Waals surface area contributed by atoms with Crippen molar-refractivity contribution in [3.05, 3.63) is 80.1 Å². The van der Waals surface area contributed by atoms with Gasteiger partial charge in [-0.2, -0.15) is 0 Å². The molecule has 176 valence electrons. The quantitative estimate of drug-likeness (QED) is 0.381. The molecule has 3 heterocycles. The predicted molar refractivity (Wildman–Crippen MR) is 141 cm³/mol. The number of carbonyl (C=O) groups excluding carboxylic acids is 1.